The summed E-state index contributed by atoms with van der Waals surface area (Å²) in [5.41, 5.74) is 0.550. The molecule has 0 amide bonds. The Hall–Kier alpha value is -1.25. The Balaban J connectivity index is 1.74. The molecule has 4 aliphatic carbocycles. The van der Waals surface area contributed by atoms with Crippen LogP contribution < -0.4 is 0 Å². The summed E-state index contributed by atoms with van der Waals surface area (Å²) in [4.78, 5) is 36.2. The maximum atomic E-state index is 12.4. The van der Waals surface area contributed by atoms with Crippen molar-refractivity contribution in [2.75, 3.05) is 0 Å². The van der Waals surface area contributed by atoms with Crippen molar-refractivity contribution in [1.82, 2.24) is 0 Å². The van der Waals surface area contributed by atoms with Crippen molar-refractivity contribution in [3.63, 3.8) is 0 Å². The predicted molar refractivity (Wildman–Crippen MR) is 82.1 cm³/mol. The number of allylic oxidation sites excluding steroid dienone is 1. The van der Waals surface area contributed by atoms with E-state index in [1.54, 1.807) is 6.08 Å². The van der Waals surface area contributed by atoms with Gasteiger partial charge in [0.2, 0.25) is 0 Å². The lowest BCUT2D eigenvalue weighted by Crippen LogP contribution is -2.52. The molecule has 0 spiro atoms. The van der Waals surface area contributed by atoms with Crippen LogP contribution in [0, 0.1) is 28.6 Å². The third-order valence-corrected chi connectivity index (χ3v) is 7.48. The third-order valence-electron chi connectivity index (χ3n) is 7.48. The summed E-state index contributed by atoms with van der Waals surface area (Å²) in [6.07, 6.45) is 9.65. The van der Waals surface area contributed by atoms with Crippen LogP contribution in [-0.2, 0) is 14.4 Å². The minimum atomic E-state index is -0.399. The van der Waals surface area contributed by atoms with Gasteiger partial charge >= 0.3 is 0 Å². The molecule has 0 heterocycles. The molecule has 3 nitrogen and oxygen atoms in total. The first kappa shape index (κ1) is 14.3. The van der Waals surface area contributed by atoms with E-state index in [0.29, 0.717) is 36.4 Å². The Morgan fingerprint density at radius 3 is 2.64 bits per heavy atom. The van der Waals surface area contributed by atoms with E-state index < -0.39 is 5.41 Å². The van der Waals surface area contributed by atoms with Crippen LogP contribution >= 0.6 is 0 Å². The maximum absolute atomic E-state index is 12.4. The van der Waals surface area contributed by atoms with Crippen molar-refractivity contribution in [3.05, 3.63) is 11.6 Å². The summed E-state index contributed by atoms with van der Waals surface area (Å²) < 4.78 is 0. The minimum absolute atomic E-state index is 0.142. The highest BCUT2D eigenvalue weighted by Crippen LogP contribution is 2.63. The number of ketones is 2. The quantitative estimate of drug-likeness (QED) is 0.698. The van der Waals surface area contributed by atoms with Gasteiger partial charge in [0, 0.05) is 18.3 Å². The molecular formula is C19H24O3. The van der Waals surface area contributed by atoms with Gasteiger partial charge in [-0.1, -0.05) is 12.5 Å². The lowest BCUT2D eigenvalue weighted by molar-refractivity contribution is -0.135. The Morgan fingerprint density at radius 1 is 1.05 bits per heavy atom. The summed E-state index contributed by atoms with van der Waals surface area (Å²) in [6.45, 7) is 2.16. The van der Waals surface area contributed by atoms with Crippen LogP contribution in [0.15, 0.2) is 11.6 Å². The van der Waals surface area contributed by atoms with Crippen LogP contribution in [0.25, 0.3) is 0 Å². The number of hydrogen-bond acceptors (Lipinski definition) is 3. The molecule has 3 fully saturated rings. The van der Waals surface area contributed by atoms with Crippen LogP contribution in [0.3, 0.4) is 0 Å². The number of rotatable bonds is 1. The first-order chi connectivity index (χ1) is 10.5. The number of fused-ring (bicyclic) bond motifs is 5. The molecule has 3 saturated carbocycles. The molecule has 0 radical (unpaired) electrons. The first-order valence-corrected chi connectivity index (χ1v) is 8.75. The zero-order chi connectivity index (χ0) is 15.5. The summed E-state index contributed by atoms with van der Waals surface area (Å²) in [7, 11) is 0. The molecule has 3 heteroatoms. The van der Waals surface area contributed by atoms with E-state index in [1.807, 2.05) is 0 Å². The fourth-order valence-electron chi connectivity index (χ4n) is 6.26. The smallest absolute Gasteiger partial charge is 0.155 e. The topological polar surface area (TPSA) is 51.2 Å². The molecule has 0 N–H and O–H groups in total. The van der Waals surface area contributed by atoms with Crippen molar-refractivity contribution in [1.29, 1.82) is 0 Å². The van der Waals surface area contributed by atoms with Crippen molar-refractivity contribution in [2.24, 2.45) is 28.6 Å². The summed E-state index contributed by atoms with van der Waals surface area (Å²) >= 11 is 0. The molecule has 22 heavy (non-hydrogen) atoms. The number of aldehydes is 1. The molecule has 0 aromatic carbocycles. The molecule has 118 valence electrons. The first-order valence-electron chi connectivity index (χ1n) is 8.75. The van der Waals surface area contributed by atoms with Crippen molar-refractivity contribution >= 4 is 17.9 Å². The molecule has 0 aromatic rings. The largest absolute Gasteiger partial charge is 0.302 e. The van der Waals surface area contributed by atoms with Crippen molar-refractivity contribution in [3.8, 4) is 0 Å². The van der Waals surface area contributed by atoms with Gasteiger partial charge in [0.15, 0.2) is 5.78 Å². The number of carbonyl (C=O) groups excluding carboxylic acids is 3. The minimum Gasteiger partial charge on any atom is -0.302 e. The van der Waals surface area contributed by atoms with E-state index in [4.69, 9.17) is 0 Å². The normalized spacial score (nSPS) is 47.3. The highest BCUT2D eigenvalue weighted by Gasteiger charge is 2.60. The number of Topliss-reactive ketones (excluding diaryl/α,β-unsaturated/α-hetero) is 1. The van der Waals surface area contributed by atoms with Crippen LogP contribution in [-0.4, -0.2) is 17.9 Å². The zero-order valence-electron chi connectivity index (χ0n) is 13.3. The zero-order valence-corrected chi connectivity index (χ0v) is 13.3. The fourth-order valence-corrected chi connectivity index (χ4v) is 6.26. The van der Waals surface area contributed by atoms with Crippen molar-refractivity contribution in [2.45, 2.75) is 58.3 Å². The molecule has 0 unspecified atom stereocenters. The second-order valence-electron chi connectivity index (χ2n) is 8.13. The van der Waals surface area contributed by atoms with Gasteiger partial charge in [0.1, 0.15) is 12.1 Å². The Labute approximate surface area is 131 Å². The van der Waals surface area contributed by atoms with Crippen LogP contribution in [0.2, 0.25) is 0 Å². The van der Waals surface area contributed by atoms with E-state index in [0.717, 1.165) is 50.4 Å². The average Bonchev–Trinajstić information content (AvgIpc) is 2.82. The van der Waals surface area contributed by atoms with Crippen LogP contribution in [0.5, 0.6) is 0 Å². The lowest BCUT2D eigenvalue weighted by Gasteiger charge is -2.55. The molecule has 5 atom stereocenters. The Bertz CT molecular complexity index is 589. The molecule has 0 saturated heterocycles. The molecule has 4 aliphatic rings. The standard InChI is InChI=1S/C19H24O3/c1-18-8-7-16-14(15(18)4-5-17(18)22)3-2-12-10-13(21)6-9-19(12,16)11-20/h10-11,14-16H,2-9H2,1H3/t14-,15-,16+,18-,19+/m0/s1. The SMILES string of the molecule is C[C@]12CC[C@@H]3[C@@H](CCC4=CC(=O)CC[C@@]43C=O)[C@@H]1CCC2=O. The fraction of sp³-hybridized carbons (Fsp3) is 0.737. The van der Waals surface area contributed by atoms with E-state index in [1.165, 1.54) is 0 Å². The van der Waals surface area contributed by atoms with Crippen LogP contribution in [0.4, 0.5) is 0 Å². The molecule has 0 bridgehead atoms. The van der Waals surface area contributed by atoms with Gasteiger partial charge in [0.25, 0.3) is 0 Å². The Kier molecular flexibility index (Phi) is 3.02. The second-order valence-corrected chi connectivity index (χ2v) is 8.13. The maximum Gasteiger partial charge on any atom is 0.155 e. The van der Waals surface area contributed by atoms with Gasteiger partial charge in [-0.3, -0.25) is 9.59 Å². The van der Waals surface area contributed by atoms with Gasteiger partial charge in [-0.25, -0.2) is 0 Å². The monoisotopic (exact) mass is 300 g/mol. The highest BCUT2D eigenvalue weighted by molar-refractivity contribution is 5.93. The van der Waals surface area contributed by atoms with Gasteiger partial charge in [-0.15, -0.1) is 0 Å². The van der Waals surface area contributed by atoms with E-state index in [2.05, 4.69) is 6.92 Å². The van der Waals surface area contributed by atoms with Gasteiger partial charge < -0.3 is 4.79 Å². The van der Waals surface area contributed by atoms with E-state index in [-0.39, 0.29) is 11.2 Å². The van der Waals surface area contributed by atoms with Crippen LogP contribution in [0.1, 0.15) is 58.3 Å². The molecule has 4 rings (SSSR count). The molecule has 0 aromatic heterocycles. The summed E-state index contributed by atoms with van der Waals surface area (Å²) in [6, 6.07) is 0. The van der Waals surface area contributed by atoms with Gasteiger partial charge in [-0.05, 0) is 62.4 Å². The van der Waals surface area contributed by atoms with E-state index in [9.17, 15) is 14.4 Å². The predicted octanol–water partition coefficient (Wildman–Crippen LogP) is 3.27. The summed E-state index contributed by atoms with van der Waals surface area (Å²) in [5, 5.41) is 0. The second kappa shape index (κ2) is 4.62. The third kappa shape index (κ3) is 1.65. The van der Waals surface area contributed by atoms with Crippen molar-refractivity contribution < 1.29 is 14.4 Å². The lowest BCUT2D eigenvalue weighted by atomic mass is 9.47. The summed E-state index contributed by atoms with van der Waals surface area (Å²) in [5.74, 6) is 1.91. The number of hydrogen-bond donors (Lipinski definition) is 0. The Morgan fingerprint density at radius 2 is 1.86 bits per heavy atom. The molecule has 0 aliphatic heterocycles. The average molecular weight is 300 g/mol. The highest BCUT2D eigenvalue weighted by atomic mass is 16.1. The number of carbonyl (C=O) groups is 3. The van der Waals surface area contributed by atoms with Gasteiger partial charge in [-0.2, -0.15) is 0 Å². The van der Waals surface area contributed by atoms with Gasteiger partial charge in [0.05, 0.1) is 5.41 Å². The molecular weight excluding hydrogens is 276 g/mol. The van der Waals surface area contributed by atoms with E-state index >= 15 is 0 Å².